The van der Waals surface area contributed by atoms with Crippen molar-refractivity contribution in [1.82, 2.24) is 4.90 Å². The first-order valence-corrected chi connectivity index (χ1v) is 3.99. The fourth-order valence-electron chi connectivity index (χ4n) is 1.17. The van der Waals surface area contributed by atoms with Crippen LogP contribution in [0.1, 0.15) is 20.3 Å². The fraction of sp³-hybridized carbons (Fsp3) is 0.875. The first kappa shape index (κ1) is 8.02. The van der Waals surface area contributed by atoms with E-state index in [2.05, 4.69) is 18.7 Å². The molecule has 59 valence electrons. The van der Waals surface area contributed by atoms with Crippen molar-refractivity contribution in [1.29, 1.82) is 0 Å². The molecule has 0 aromatic carbocycles. The monoisotopic (exact) mass is 142 g/mol. The molecule has 1 aliphatic heterocycles. The normalized spacial score (nSPS) is 21.9. The van der Waals surface area contributed by atoms with Gasteiger partial charge in [-0.1, -0.05) is 6.92 Å². The third kappa shape index (κ3) is 1.96. The highest BCUT2D eigenvalue weighted by atomic mass is 16.5. The van der Waals surface area contributed by atoms with Gasteiger partial charge in [0.1, 0.15) is 0 Å². The quantitative estimate of drug-likeness (QED) is 0.576. The minimum absolute atomic E-state index is 0.900. The second kappa shape index (κ2) is 3.94. The van der Waals surface area contributed by atoms with E-state index in [1.165, 1.54) is 12.5 Å². The van der Waals surface area contributed by atoms with Crippen LogP contribution in [0.3, 0.4) is 0 Å². The average Bonchev–Trinajstić information content (AvgIpc) is 2.05. The minimum atomic E-state index is 0.900. The van der Waals surface area contributed by atoms with E-state index < -0.39 is 0 Å². The van der Waals surface area contributed by atoms with Gasteiger partial charge in [0.15, 0.2) is 0 Å². The summed E-state index contributed by atoms with van der Waals surface area (Å²) in [4.78, 5) is 2.41. The van der Waals surface area contributed by atoms with E-state index >= 15 is 0 Å². The first-order chi connectivity index (χ1) is 4.84. The Morgan fingerprint density at radius 2 is 2.00 bits per heavy atom. The average molecular weight is 142 g/mol. The molecule has 1 saturated heterocycles. The summed E-state index contributed by atoms with van der Waals surface area (Å²) in [5.74, 6) is 0. The van der Waals surface area contributed by atoms with Gasteiger partial charge in [-0.2, -0.15) is 0 Å². The van der Waals surface area contributed by atoms with Crippen LogP contribution in [-0.4, -0.2) is 31.2 Å². The summed E-state index contributed by atoms with van der Waals surface area (Å²) in [6.45, 7) is 8.37. The Morgan fingerprint density at radius 1 is 1.40 bits per heavy atom. The number of hydrogen-bond acceptors (Lipinski definition) is 2. The molecule has 1 radical (unpaired) electrons. The molecule has 0 unspecified atom stereocenters. The predicted molar refractivity (Wildman–Crippen MR) is 41.6 cm³/mol. The maximum atomic E-state index is 5.24. The van der Waals surface area contributed by atoms with E-state index in [0.717, 1.165) is 26.3 Å². The van der Waals surface area contributed by atoms with Gasteiger partial charge in [-0.3, -0.25) is 4.90 Å². The largest absolute Gasteiger partial charge is 0.379 e. The maximum Gasteiger partial charge on any atom is 0.0594 e. The van der Waals surface area contributed by atoms with Crippen molar-refractivity contribution >= 4 is 0 Å². The number of rotatable bonds is 2. The Kier molecular flexibility index (Phi) is 3.16. The van der Waals surface area contributed by atoms with Gasteiger partial charge in [0.2, 0.25) is 0 Å². The summed E-state index contributed by atoms with van der Waals surface area (Å²) in [6.07, 6.45) is 1.17. The second-order valence-corrected chi connectivity index (χ2v) is 2.69. The molecular formula is C8H16NO. The first-order valence-electron chi connectivity index (χ1n) is 3.99. The topological polar surface area (TPSA) is 12.5 Å². The Bertz CT molecular complexity index is 89.3. The molecule has 1 fully saturated rings. The zero-order valence-corrected chi connectivity index (χ0v) is 6.89. The highest BCUT2D eigenvalue weighted by Crippen LogP contribution is 2.12. The number of ether oxygens (including phenoxy) is 1. The number of nitrogens with zero attached hydrogens (tertiary/aromatic N) is 1. The van der Waals surface area contributed by atoms with E-state index in [-0.39, 0.29) is 0 Å². The van der Waals surface area contributed by atoms with Crippen molar-refractivity contribution < 1.29 is 4.74 Å². The summed E-state index contributed by atoms with van der Waals surface area (Å²) in [6, 6.07) is 1.49. The van der Waals surface area contributed by atoms with E-state index in [0.29, 0.717) is 0 Å². The van der Waals surface area contributed by atoms with Crippen molar-refractivity contribution in [2.45, 2.75) is 20.3 Å². The van der Waals surface area contributed by atoms with Gasteiger partial charge in [-0.15, -0.1) is 0 Å². The summed E-state index contributed by atoms with van der Waals surface area (Å²) < 4.78 is 5.24. The molecule has 1 heterocycles. The highest BCUT2D eigenvalue weighted by Gasteiger charge is 2.15. The van der Waals surface area contributed by atoms with E-state index in [1.54, 1.807) is 0 Å². The molecule has 0 aromatic heterocycles. The molecule has 1 rings (SSSR count). The standard InChI is InChI=1S/C8H16NO/c1-3-8(2)9-4-6-10-7-5-9/h3-7H2,1-2H3. The van der Waals surface area contributed by atoms with Crippen molar-refractivity contribution in [2.75, 3.05) is 26.3 Å². The molecule has 0 aliphatic carbocycles. The van der Waals surface area contributed by atoms with E-state index in [9.17, 15) is 0 Å². The molecule has 2 heteroatoms. The zero-order chi connectivity index (χ0) is 7.40. The van der Waals surface area contributed by atoms with Gasteiger partial charge < -0.3 is 4.74 Å². The van der Waals surface area contributed by atoms with Crippen molar-refractivity contribution in [3.63, 3.8) is 0 Å². The number of hydrogen-bond donors (Lipinski definition) is 0. The summed E-state index contributed by atoms with van der Waals surface area (Å²) in [5, 5.41) is 0. The number of morpholine rings is 1. The molecule has 0 spiro atoms. The van der Waals surface area contributed by atoms with Crippen molar-refractivity contribution in [3.05, 3.63) is 6.04 Å². The van der Waals surface area contributed by atoms with Crippen LogP contribution < -0.4 is 0 Å². The van der Waals surface area contributed by atoms with E-state index in [4.69, 9.17) is 4.74 Å². The van der Waals surface area contributed by atoms with Crippen molar-refractivity contribution in [2.24, 2.45) is 0 Å². The Labute approximate surface area is 63.2 Å². The Morgan fingerprint density at radius 3 is 2.50 bits per heavy atom. The molecule has 0 N–H and O–H groups in total. The third-order valence-electron chi connectivity index (χ3n) is 2.06. The Hall–Kier alpha value is -0.0800. The van der Waals surface area contributed by atoms with Gasteiger partial charge in [-0.05, 0) is 13.3 Å². The molecule has 0 aromatic rings. The third-order valence-corrected chi connectivity index (χ3v) is 2.06. The molecule has 10 heavy (non-hydrogen) atoms. The van der Waals surface area contributed by atoms with Gasteiger partial charge >= 0.3 is 0 Å². The van der Waals surface area contributed by atoms with Crippen molar-refractivity contribution in [3.8, 4) is 0 Å². The van der Waals surface area contributed by atoms with Crippen LogP contribution in [-0.2, 0) is 4.74 Å². The van der Waals surface area contributed by atoms with Gasteiger partial charge in [0, 0.05) is 19.1 Å². The lowest BCUT2D eigenvalue weighted by Gasteiger charge is -2.30. The van der Waals surface area contributed by atoms with Crippen LogP contribution in [0.15, 0.2) is 0 Å². The fourth-order valence-corrected chi connectivity index (χ4v) is 1.17. The molecule has 0 atom stereocenters. The van der Waals surface area contributed by atoms with Crippen LogP contribution in [0, 0.1) is 6.04 Å². The van der Waals surface area contributed by atoms with Crippen LogP contribution >= 0.6 is 0 Å². The van der Waals surface area contributed by atoms with Gasteiger partial charge in [-0.25, -0.2) is 0 Å². The van der Waals surface area contributed by atoms with E-state index in [1.807, 2.05) is 0 Å². The van der Waals surface area contributed by atoms with Gasteiger partial charge in [0.05, 0.1) is 13.2 Å². The highest BCUT2D eigenvalue weighted by molar-refractivity contribution is 4.83. The molecule has 0 amide bonds. The lowest BCUT2D eigenvalue weighted by atomic mass is 10.2. The predicted octanol–water partition coefficient (Wildman–Crippen LogP) is 1.28. The van der Waals surface area contributed by atoms with Crippen LogP contribution in [0.4, 0.5) is 0 Å². The smallest absolute Gasteiger partial charge is 0.0594 e. The maximum absolute atomic E-state index is 5.24. The summed E-state index contributed by atoms with van der Waals surface area (Å²) >= 11 is 0. The molecule has 0 bridgehead atoms. The molecular weight excluding hydrogens is 126 g/mol. The minimum Gasteiger partial charge on any atom is -0.379 e. The molecule has 2 nitrogen and oxygen atoms in total. The summed E-state index contributed by atoms with van der Waals surface area (Å²) in [5.41, 5.74) is 0. The molecule has 1 aliphatic rings. The lowest BCUT2D eigenvalue weighted by molar-refractivity contribution is 0.0406. The van der Waals surface area contributed by atoms with Crippen LogP contribution in [0.5, 0.6) is 0 Å². The zero-order valence-electron chi connectivity index (χ0n) is 6.89. The second-order valence-electron chi connectivity index (χ2n) is 2.69. The Balaban J connectivity index is 2.24. The summed E-state index contributed by atoms with van der Waals surface area (Å²) in [7, 11) is 0. The van der Waals surface area contributed by atoms with Gasteiger partial charge in [0.25, 0.3) is 0 Å². The lowest BCUT2D eigenvalue weighted by Crippen LogP contribution is -2.37. The van der Waals surface area contributed by atoms with Crippen LogP contribution in [0.2, 0.25) is 0 Å². The SMILES string of the molecule is CC[C](C)N1CCOCC1. The molecule has 0 saturated carbocycles. The van der Waals surface area contributed by atoms with Crippen LogP contribution in [0.25, 0.3) is 0 Å².